The Morgan fingerprint density at radius 2 is 1.93 bits per heavy atom. The van der Waals surface area contributed by atoms with Crippen LogP contribution in [-0.2, 0) is 15.8 Å². The summed E-state index contributed by atoms with van der Waals surface area (Å²) in [4.78, 5) is 30.4. The van der Waals surface area contributed by atoms with Crippen LogP contribution in [0.25, 0.3) is 22.2 Å². The maximum atomic E-state index is 16.6. The minimum absolute atomic E-state index is 0.221. The standard InChI is InChI=1S/C32H29ClF3N5O5/c1-31(30(37)43)13-46-27-23(31)24(36)28(39-26(27)18-9-19(33)21(35)10-20(18)34)32(44,16-3-4-16)12-38-29(42)14-7-15-11-41(17-5-6-17)40-25(15)22(8-14)45-2/h7-11,16-17,44H,3-6,12-13H2,1-2H3,(H2,37,43)(H,38,42)/t31-,32-/m1/s1. The largest absolute Gasteiger partial charge is 0.494 e. The van der Waals surface area contributed by atoms with E-state index in [2.05, 4.69) is 15.4 Å². The van der Waals surface area contributed by atoms with Gasteiger partial charge < -0.3 is 25.6 Å². The number of hydrogen-bond acceptors (Lipinski definition) is 7. The molecule has 4 N–H and O–H groups in total. The zero-order valence-electron chi connectivity index (χ0n) is 24.8. The van der Waals surface area contributed by atoms with E-state index in [1.165, 1.54) is 20.1 Å². The molecule has 7 rings (SSSR count). The molecular formula is C32H29ClF3N5O5. The summed E-state index contributed by atoms with van der Waals surface area (Å²) < 4.78 is 58.9. The quantitative estimate of drug-likeness (QED) is 0.223. The highest BCUT2D eigenvalue weighted by Gasteiger charge is 2.53. The van der Waals surface area contributed by atoms with Crippen molar-refractivity contribution < 1.29 is 37.3 Å². The number of hydrogen-bond donors (Lipinski definition) is 3. The third kappa shape index (κ3) is 4.75. The van der Waals surface area contributed by atoms with E-state index in [1.54, 1.807) is 6.07 Å². The second-order valence-corrected chi connectivity index (χ2v) is 12.8. The zero-order chi connectivity index (χ0) is 32.7. The van der Waals surface area contributed by atoms with Crippen LogP contribution in [0.15, 0.2) is 30.5 Å². The summed E-state index contributed by atoms with van der Waals surface area (Å²) in [6.45, 7) is 0.489. The first-order chi connectivity index (χ1) is 21.9. The smallest absolute Gasteiger partial charge is 0.251 e. The molecule has 2 fully saturated rings. The Morgan fingerprint density at radius 1 is 1.20 bits per heavy atom. The number of aromatic nitrogens is 3. The Bertz CT molecular complexity index is 1960. The van der Waals surface area contributed by atoms with E-state index in [1.807, 2.05) is 10.9 Å². The van der Waals surface area contributed by atoms with Crippen molar-refractivity contribution in [3.05, 3.63) is 69.8 Å². The van der Waals surface area contributed by atoms with Gasteiger partial charge in [0.05, 0.1) is 30.3 Å². The Morgan fingerprint density at radius 3 is 2.59 bits per heavy atom. The third-order valence-corrected chi connectivity index (χ3v) is 9.42. The average molecular weight is 656 g/mol. The second kappa shape index (κ2) is 10.6. The van der Waals surface area contributed by atoms with Gasteiger partial charge in [-0.05, 0) is 56.7 Å². The van der Waals surface area contributed by atoms with Crippen molar-refractivity contribution in [3.63, 3.8) is 0 Å². The first-order valence-electron chi connectivity index (χ1n) is 14.7. The fourth-order valence-corrected chi connectivity index (χ4v) is 6.24. The molecule has 3 heterocycles. The van der Waals surface area contributed by atoms with E-state index >= 15 is 8.78 Å². The molecular weight excluding hydrogens is 627 g/mol. The number of aliphatic hydroxyl groups is 1. The molecule has 1 aliphatic heterocycles. The van der Waals surface area contributed by atoms with Crippen molar-refractivity contribution in [2.24, 2.45) is 11.7 Å². The van der Waals surface area contributed by atoms with Crippen LogP contribution in [0.5, 0.6) is 11.5 Å². The summed E-state index contributed by atoms with van der Waals surface area (Å²) in [7, 11) is 1.47. The summed E-state index contributed by atoms with van der Waals surface area (Å²) >= 11 is 5.97. The molecule has 2 saturated carbocycles. The van der Waals surface area contributed by atoms with Crippen molar-refractivity contribution in [2.45, 2.75) is 49.7 Å². The lowest BCUT2D eigenvalue weighted by atomic mass is 9.80. The number of pyridine rings is 1. The molecule has 2 atom stereocenters. The molecule has 10 nitrogen and oxygen atoms in total. The van der Waals surface area contributed by atoms with Crippen molar-refractivity contribution >= 4 is 34.3 Å². The highest BCUT2D eigenvalue weighted by atomic mass is 35.5. The van der Waals surface area contributed by atoms with Gasteiger partial charge in [-0.1, -0.05) is 11.6 Å². The van der Waals surface area contributed by atoms with Gasteiger partial charge in [-0.3, -0.25) is 14.3 Å². The average Bonchev–Trinajstić information content (AvgIpc) is 3.97. The van der Waals surface area contributed by atoms with Crippen molar-refractivity contribution in [1.82, 2.24) is 20.1 Å². The van der Waals surface area contributed by atoms with Gasteiger partial charge in [0.25, 0.3) is 5.91 Å². The Labute approximate surface area is 265 Å². The lowest BCUT2D eigenvalue weighted by Crippen LogP contribution is -2.45. The van der Waals surface area contributed by atoms with Crippen molar-refractivity contribution in [1.29, 1.82) is 0 Å². The number of fused-ring (bicyclic) bond motifs is 2. The lowest BCUT2D eigenvalue weighted by molar-refractivity contribution is -0.123. The van der Waals surface area contributed by atoms with Gasteiger partial charge in [0.1, 0.15) is 51.9 Å². The van der Waals surface area contributed by atoms with Crippen LogP contribution >= 0.6 is 11.6 Å². The van der Waals surface area contributed by atoms with Gasteiger partial charge >= 0.3 is 0 Å². The molecule has 46 heavy (non-hydrogen) atoms. The van der Waals surface area contributed by atoms with E-state index in [-0.39, 0.29) is 34.7 Å². The molecule has 0 radical (unpaired) electrons. The molecule has 4 aromatic rings. The first-order valence-corrected chi connectivity index (χ1v) is 15.1. The SMILES string of the molecule is COc1cc(C(=O)NC[C@](O)(c2nc(-c3cc(Cl)c(F)cc3F)c3c(c2F)[C@](C)(C(N)=O)CO3)C2CC2)cc2cn(C3CC3)nc12. The number of primary amides is 1. The molecule has 0 bridgehead atoms. The van der Waals surface area contributed by atoms with Gasteiger partial charge in [-0.15, -0.1) is 0 Å². The summed E-state index contributed by atoms with van der Waals surface area (Å²) in [5.74, 6) is -5.13. The molecule has 0 spiro atoms. The summed E-state index contributed by atoms with van der Waals surface area (Å²) in [5, 5.41) is 19.7. The van der Waals surface area contributed by atoms with Crippen LogP contribution in [0.4, 0.5) is 13.2 Å². The molecule has 240 valence electrons. The predicted octanol–water partition coefficient (Wildman–Crippen LogP) is 4.68. The number of ether oxygens (including phenoxy) is 2. The number of rotatable bonds is 9. The van der Waals surface area contributed by atoms with Crippen LogP contribution in [0.1, 0.15) is 60.3 Å². The molecule has 2 aromatic heterocycles. The van der Waals surface area contributed by atoms with Crippen molar-refractivity contribution in [3.8, 4) is 22.8 Å². The number of nitrogens with one attached hydrogen (secondary N) is 1. The maximum absolute atomic E-state index is 16.6. The number of halogens is 4. The number of nitrogens with zero attached hydrogens (tertiary/aromatic N) is 3. The zero-order valence-corrected chi connectivity index (χ0v) is 25.6. The Hall–Kier alpha value is -4.36. The second-order valence-electron chi connectivity index (χ2n) is 12.4. The van der Waals surface area contributed by atoms with Crippen molar-refractivity contribution in [2.75, 3.05) is 20.3 Å². The molecule has 3 aliphatic rings. The molecule has 2 aliphatic carbocycles. The van der Waals surface area contributed by atoms with E-state index < -0.39 is 63.5 Å². The highest BCUT2D eigenvalue weighted by molar-refractivity contribution is 6.31. The summed E-state index contributed by atoms with van der Waals surface area (Å²) in [6.07, 6.45) is 4.82. The van der Waals surface area contributed by atoms with Gasteiger partial charge in [0.2, 0.25) is 5.91 Å². The Balaban J connectivity index is 1.30. The number of nitrogens with two attached hydrogens (primary N) is 1. The molecule has 0 saturated heterocycles. The topological polar surface area (TPSA) is 142 Å². The van der Waals surface area contributed by atoms with Crippen LogP contribution in [0.2, 0.25) is 5.02 Å². The highest BCUT2D eigenvalue weighted by Crippen LogP contribution is 2.52. The fourth-order valence-electron chi connectivity index (χ4n) is 6.07. The van der Waals surface area contributed by atoms with Crippen LogP contribution in [0.3, 0.4) is 0 Å². The summed E-state index contributed by atoms with van der Waals surface area (Å²) in [5.41, 5.74) is 1.17. The lowest BCUT2D eigenvalue weighted by Gasteiger charge is -2.30. The van der Waals surface area contributed by atoms with Crippen LogP contribution in [0, 0.1) is 23.4 Å². The van der Waals surface area contributed by atoms with Gasteiger partial charge in [0.15, 0.2) is 11.6 Å². The Kier molecular flexibility index (Phi) is 6.98. The minimum Gasteiger partial charge on any atom is -0.494 e. The number of carbonyl (C=O) groups is 2. The number of carbonyl (C=O) groups excluding carboxylic acids is 2. The van der Waals surface area contributed by atoms with E-state index in [4.69, 9.17) is 26.8 Å². The fraction of sp³-hybridized carbons (Fsp3) is 0.375. The van der Waals surface area contributed by atoms with Gasteiger partial charge in [-0.25, -0.2) is 18.2 Å². The molecule has 2 amide bonds. The maximum Gasteiger partial charge on any atom is 0.251 e. The van der Waals surface area contributed by atoms with E-state index in [0.29, 0.717) is 41.6 Å². The van der Waals surface area contributed by atoms with Gasteiger partial charge in [-0.2, -0.15) is 5.10 Å². The minimum atomic E-state index is -2.10. The van der Waals surface area contributed by atoms with Crippen LogP contribution in [-0.4, -0.2) is 51.9 Å². The number of methoxy groups -OCH3 is 1. The van der Waals surface area contributed by atoms with Gasteiger partial charge in [0, 0.05) is 28.8 Å². The molecule has 0 unspecified atom stereocenters. The molecule has 2 aromatic carbocycles. The molecule has 14 heteroatoms. The van der Waals surface area contributed by atoms with E-state index in [9.17, 15) is 19.1 Å². The normalized spacial score (nSPS) is 20.2. The predicted molar refractivity (Wildman–Crippen MR) is 160 cm³/mol. The number of benzene rings is 2. The third-order valence-electron chi connectivity index (χ3n) is 9.13. The summed E-state index contributed by atoms with van der Waals surface area (Å²) in [6, 6.07) is 5.00. The first kappa shape index (κ1) is 30.3. The van der Waals surface area contributed by atoms with E-state index in [0.717, 1.165) is 18.9 Å². The monoisotopic (exact) mass is 655 g/mol. The number of amides is 2. The van der Waals surface area contributed by atoms with Crippen LogP contribution < -0.4 is 20.5 Å².